The molecule has 1 heterocycles. The molecule has 0 aliphatic rings. The fourth-order valence-corrected chi connectivity index (χ4v) is 1.02. The van der Waals surface area contributed by atoms with E-state index in [1.807, 2.05) is 13.8 Å². The summed E-state index contributed by atoms with van der Waals surface area (Å²) >= 11 is 5.73. The molecule has 0 spiro atoms. The third-order valence-corrected chi connectivity index (χ3v) is 2.81. The molecule has 0 aliphatic carbocycles. The van der Waals surface area contributed by atoms with Crippen molar-refractivity contribution in [3.8, 4) is 0 Å². The fraction of sp³-hybridized carbons (Fsp3) is 0.600. The lowest BCUT2D eigenvalue weighted by Gasteiger charge is -2.38. The van der Waals surface area contributed by atoms with Gasteiger partial charge in [0.25, 0.3) is 0 Å². The highest BCUT2D eigenvalue weighted by atomic mass is 35.5. The van der Waals surface area contributed by atoms with Crippen molar-refractivity contribution in [2.24, 2.45) is 0 Å². The highest BCUT2D eigenvalue weighted by Gasteiger charge is 2.35. The first kappa shape index (κ1) is 12.2. The van der Waals surface area contributed by atoms with Gasteiger partial charge in [-0.15, -0.1) is 0 Å². The van der Waals surface area contributed by atoms with E-state index in [-0.39, 0.29) is 0 Å². The Labute approximate surface area is 94.7 Å². The average molecular weight is 230 g/mol. The lowest BCUT2D eigenvalue weighted by atomic mass is 9.86. The van der Waals surface area contributed by atoms with E-state index >= 15 is 0 Å². The molecule has 0 fully saturated rings. The molecule has 0 amide bonds. The van der Waals surface area contributed by atoms with E-state index in [4.69, 9.17) is 11.6 Å². The van der Waals surface area contributed by atoms with Crippen LogP contribution < -0.4 is 5.32 Å². The summed E-state index contributed by atoms with van der Waals surface area (Å²) in [6, 6.07) is 1.62. The maximum absolute atomic E-state index is 9.94. The van der Waals surface area contributed by atoms with Gasteiger partial charge in [0.05, 0.1) is 11.1 Å². The molecule has 0 saturated carbocycles. The predicted molar refractivity (Wildman–Crippen MR) is 61.0 cm³/mol. The first-order valence-electron chi connectivity index (χ1n) is 4.70. The molecule has 4 nitrogen and oxygen atoms in total. The topological polar surface area (TPSA) is 58.0 Å². The average Bonchev–Trinajstić information content (AvgIpc) is 2.00. The van der Waals surface area contributed by atoms with Crippen LogP contribution in [0.3, 0.4) is 0 Å². The highest BCUT2D eigenvalue weighted by molar-refractivity contribution is 6.29. The van der Waals surface area contributed by atoms with Crippen molar-refractivity contribution in [3.05, 3.63) is 17.5 Å². The molecular formula is C10H16ClN3O. The van der Waals surface area contributed by atoms with E-state index in [2.05, 4.69) is 15.3 Å². The van der Waals surface area contributed by atoms with Crippen LogP contribution in [0.2, 0.25) is 5.15 Å². The standard InChI is InChI=1S/C10H16ClN3O/c1-9(2,10(3,4)15)14-8-5-7(11)12-6-13-8/h5-6,15H,1-4H3,(H,12,13,14). The number of aromatic nitrogens is 2. The van der Waals surface area contributed by atoms with Crippen molar-refractivity contribution >= 4 is 17.4 Å². The molecule has 84 valence electrons. The third kappa shape index (κ3) is 3.04. The molecule has 2 N–H and O–H groups in total. The maximum Gasteiger partial charge on any atom is 0.134 e. The van der Waals surface area contributed by atoms with Crippen LogP contribution in [-0.4, -0.2) is 26.2 Å². The number of rotatable bonds is 3. The van der Waals surface area contributed by atoms with Gasteiger partial charge in [-0.25, -0.2) is 9.97 Å². The van der Waals surface area contributed by atoms with Gasteiger partial charge in [-0.2, -0.15) is 0 Å². The van der Waals surface area contributed by atoms with Crippen LogP contribution in [0.4, 0.5) is 5.82 Å². The van der Waals surface area contributed by atoms with E-state index in [0.717, 1.165) is 0 Å². The maximum atomic E-state index is 9.94. The minimum absolute atomic E-state index is 0.374. The van der Waals surface area contributed by atoms with Crippen molar-refractivity contribution < 1.29 is 5.11 Å². The second kappa shape index (κ2) is 3.94. The number of nitrogens with zero attached hydrogens (tertiary/aromatic N) is 2. The number of halogens is 1. The molecule has 0 aliphatic heterocycles. The van der Waals surface area contributed by atoms with Crippen LogP contribution >= 0.6 is 11.6 Å². The Kier molecular flexibility index (Phi) is 3.21. The molecule has 1 rings (SSSR count). The summed E-state index contributed by atoms with van der Waals surface area (Å²) in [6.45, 7) is 7.26. The van der Waals surface area contributed by atoms with Crippen LogP contribution in [-0.2, 0) is 0 Å². The van der Waals surface area contributed by atoms with Crippen LogP contribution in [0.1, 0.15) is 27.7 Å². The molecule has 15 heavy (non-hydrogen) atoms. The van der Waals surface area contributed by atoms with E-state index in [0.29, 0.717) is 11.0 Å². The van der Waals surface area contributed by atoms with Crippen molar-refractivity contribution in [1.82, 2.24) is 9.97 Å². The second-order valence-electron chi connectivity index (χ2n) is 4.53. The number of aliphatic hydroxyl groups is 1. The van der Waals surface area contributed by atoms with E-state index in [1.54, 1.807) is 19.9 Å². The molecule has 5 heteroatoms. The number of anilines is 1. The molecule has 0 unspecified atom stereocenters. The van der Waals surface area contributed by atoms with Crippen LogP contribution in [0.15, 0.2) is 12.4 Å². The van der Waals surface area contributed by atoms with Gasteiger partial charge in [0, 0.05) is 6.07 Å². The molecule has 0 atom stereocenters. The summed E-state index contributed by atoms with van der Waals surface area (Å²) in [5, 5.41) is 13.4. The monoisotopic (exact) mass is 229 g/mol. The SMILES string of the molecule is CC(C)(O)C(C)(C)Nc1cc(Cl)ncn1. The minimum Gasteiger partial charge on any atom is -0.388 e. The molecular weight excluding hydrogens is 214 g/mol. The summed E-state index contributed by atoms with van der Waals surface area (Å²) < 4.78 is 0. The van der Waals surface area contributed by atoms with E-state index < -0.39 is 11.1 Å². The van der Waals surface area contributed by atoms with Gasteiger partial charge in [-0.1, -0.05) is 11.6 Å². The molecule has 1 aromatic heterocycles. The fourth-order valence-electron chi connectivity index (χ4n) is 0.875. The molecule has 0 saturated heterocycles. The predicted octanol–water partition coefficient (Wildman–Crippen LogP) is 2.09. The van der Waals surface area contributed by atoms with Crippen LogP contribution in [0.5, 0.6) is 0 Å². The molecule has 0 bridgehead atoms. The Morgan fingerprint density at radius 2 is 1.87 bits per heavy atom. The number of nitrogens with one attached hydrogen (secondary N) is 1. The zero-order valence-corrected chi connectivity index (χ0v) is 10.1. The van der Waals surface area contributed by atoms with Gasteiger partial charge in [-0.05, 0) is 27.7 Å². The van der Waals surface area contributed by atoms with E-state index in [9.17, 15) is 5.11 Å². The Morgan fingerprint density at radius 3 is 2.33 bits per heavy atom. The zero-order valence-electron chi connectivity index (χ0n) is 9.37. The van der Waals surface area contributed by atoms with Gasteiger partial charge in [0.15, 0.2) is 0 Å². The van der Waals surface area contributed by atoms with Crippen molar-refractivity contribution in [1.29, 1.82) is 0 Å². The first-order valence-corrected chi connectivity index (χ1v) is 5.08. The first-order chi connectivity index (χ1) is 6.72. The Bertz CT molecular complexity index is 347. The Morgan fingerprint density at radius 1 is 1.27 bits per heavy atom. The van der Waals surface area contributed by atoms with Gasteiger partial charge in [0.2, 0.25) is 0 Å². The van der Waals surface area contributed by atoms with Gasteiger partial charge in [0.1, 0.15) is 17.3 Å². The smallest absolute Gasteiger partial charge is 0.134 e. The summed E-state index contributed by atoms with van der Waals surface area (Å²) in [6.07, 6.45) is 1.38. The summed E-state index contributed by atoms with van der Waals surface area (Å²) in [5.74, 6) is 0.599. The third-order valence-electron chi connectivity index (χ3n) is 2.60. The molecule has 0 aromatic carbocycles. The number of hydrogen-bond acceptors (Lipinski definition) is 4. The molecule has 1 aromatic rings. The zero-order chi connectivity index (χ0) is 11.7. The van der Waals surface area contributed by atoms with E-state index in [1.165, 1.54) is 6.33 Å². The highest BCUT2D eigenvalue weighted by Crippen LogP contribution is 2.25. The van der Waals surface area contributed by atoms with Crippen molar-refractivity contribution in [2.45, 2.75) is 38.8 Å². The van der Waals surface area contributed by atoms with Crippen LogP contribution in [0.25, 0.3) is 0 Å². The normalized spacial score (nSPS) is 12.7. The molecule has 0 radical (unpaired) electrons. The van der Waals surface area contributed by atoms with Crippen molar-refractivity contribution in [3.63, 3.8) is 0 Å². The lowest BCUT2D eigenvalue weighted by molar-refractivity contribution is 0.0239. The minimum atomic E-state index is -0.871. The summed E-state index contributed by atoms with van der Waals surface area (Å²) in [4.78, 5) is 7.80. The summed E-state index contributed by atoms with van der Waals surface area (Å²) in [5.41, 5.74) is -1.38. The van der Waals surface area contributed by atoms with Crippen molar-refractivity contribution in [2.75, 3.05) is 5.32 Å². The lowest BCUT2D eigenvalue weighted by Crippen LogP contribution is -2.51. The van der Waals surface area contributed by atoms with Gasteiger partial charge >= 0.3 is 0 Å². The summed E-state index contributed by atoms with van der Waals surface area (Å²) in [7, 11) is 0. The van der Waals surface area contributed by atoms with Gasteiger partial charge in [-0.3, -0.25) is 0 Å². The number of hydrogen-bond donors (Lipinski definition) is 2. The Hall–Kier alpha value is -0.870. The second-order valence-corrected chi connectivity index (χ2v) is 4.92. The largest absolute Gasteiger partial charge is 0.388 e. The quantitative estimate of drug-likeness (QED) is 0.780. The van der Waals surface area contributed by atoms with Crippen LogP contribution in [0, 0.1) is 0 Å². The van der Waals surface area contributed by atoms with Gasteiger partial charge < -0.3 is 10.4 Å². The Balaban J connectivity index is 2.87.